The van der Waals surface area contributed by atoms with Gasteiger partial charge in [0.15, 0.2) is 0 Å². The molecule has 1 saturated carbocycles. The molecule has 0 radical (unpaired) electrons. The SMILES string of the molecule is Cc1cnn(C2CCN(Cc3ncc(C4CC4)o3)C2)c1. The van der Waals surface area contributed by atoms with Crippen LogP contribution in [0.4, 0.5) is 0 Å². The molecule has 0 amide bonds. The van der Waals surface area contributed by atoms with Gasteiger partial charge < -0.3 is 4.42 Å². The Morgan fingerprint density at radius 3 is 2.95 bits per heavy atom. The lowest BCUT2D eigenvalue weighted by Gasteiger charge is -2.14. The number of aryl methyl sites for hydroxylation is 1. The standard InChI is InChI=1S/C15H20N4O/c1-11-6-17-19(8-11)13-4-5-18(9-13)10-15-16-7-14(20-15)12-2-3-12/h6-8,12-13H,2-5,9-10H2,1H3. The van der Waals surface area contributed by atoms with Crippen LogP contribution in [-0.4, -0.2) is 32.8 Å². The van der Waals surface area contributed by atoms with Gasteiger partial charge in [-0.3, -0.25) is 9.58 Å². The van der Waals surface area contributed by atoms with E-state index in [1.54, 1.807) is 0 Å². The van der Waals surface area contributed by atoms with Crippen molar-refractivity contribution in [3.05, 3.63) is 35.8 Å². The van der Waals surface area contributed by atoms with Crippen LogP contribution < -0.4 is 0 Å². The molecular formula is C15H20N4O. The largest absolute Gasteiger partial charge is 0.444 e. The highest BCUT2D eigenvalue weighted by molar-refractivity contribution is 5.08. The normalized spacial score (nSPS) is 23.6. The maximum atomic E-state index is 5.84. The second-order valence-electron chi connectivity index (χ2n) is 6.11. The second kappa shape index (κ2) is 4.74. The highest BCUT2D eigenvalue weighted by Crippen LogP contribution is 2.40. The van der Waals surface area contributed by atoms with Crippen LogP contribution in [0.5, 0.6) is 0 Å². The fourth-order valence-electron chi connectivity index (χ4n) is 2.95. The summed E-state index contributed by atoms with van der Waals surface area (Å²) in [4.78, 5) is 6.82. The molecule has 2 aromatic heterocycles. The van der Waals surface area contributed by atoms with Crippen LogP contribution in [0.15, 0.2) is 23.0 Å². The highest BCUT2D eigenvalue weighted by Gasteiger charge is 2.29. The summed E-state index contributed by atoms with van der Waals surface area (Å²) in [6, 6.07) is 0.488. The van der Waals surface area contributed by atoms with Gasteiger partial charge in [0.25, 0.3) is 0 Å². The molecule has 106 valence electrons. The lowest BCUT2D eigenvalue weighted by Crippen LogP contribution is -2.21. The molecule has 5 heteroatoms. The predicted octanol–water partition coefficient (Wildman–Crippen LogP) is 2.50. The van der Waals surface area contributed by atoms with E-state index in [0.29, 0.717) is 12.0 Å². The van der Waals surface area contributed by atoms with Crippen molar-refractivity contribution in [2.24, 2.45) is 0 Å². The molecule has 0 spiro atoms. The molecule has 4 rings (SSSR count). The van der Waals surface area contributed by atoms with Gasteiger partial charge in [0.05, 0.1) is 25.0 Å². The van der Waals surface area contributed by atoms with Gasteiger partial charge in [-0.1, -0.05) is 0 Å². The Hall–Kier alpha value is -1.62. The Balaban J connectivity index is 1.38. The van der Waals surface area contributed by atoms with E-state index in [1.165, 1.54) is 18.4 Å². The molecule has 0 aromatic carbocycles. The number of oxazole rings is 1. The maximum absolute atomic E-state index is 5.84. The van der Waals surface area contributed by atoms with Crippen molar-refractivity contribution in [1.82, 2.24) is 19.7 Å². The van der Waals surface area contributed by atoms with Gasteiger partial charge in [-0.15, -0.1) is 0 Å². The van der Waals surface area contributed by atoms with Crippen LogP contribution >= 0.6 is 0 Å². The first-order valence-corrected chi connectivity index (χ1v) is 7.45. The topological polar surface area (TPSA) is 47.1 Å². The predicted molar refractivity (Wildman–Crippen MR) is 74.4 cm³/mol. The number of aromatic nitrogens is 3. The number of nitrogens with zero attached hydrogens (tertiary/aromatic N) is 4. The van der Waals surface area contributed by atoms with Crippen LogP contribution in [0.3, 0.4) is 0 Å². The monoisotopic (exact) mass is 272 g/mol. The summed E-state index contributed by atoms with van der Waals surface area (Å²) >= 11 is 0. The molecule has 1 aliphatic carbocycles. The Morgan fingerprint density at radius 1 is 1.30 bits per heavy atom. The third-order valence-corrected chi connectivity index (χ3v) is 4.26. The number of hydrogen-bond donors (Lipinski definition) is 0. The molecular weight excluding hydrogens is 252 g/mol. The molecule has 2 aromatic rings. The fraction of sp³-hybridized carbons (Fsp3) is 0.600. The summed E-state index contributed by atoms with van der Waals surface area (Å²) in [5, 5.41) is 4.43. The van der Waals surface area contributed by atoms with Crippen molar-refractivity contribution in [2.75, 3.05) is 13.1 Å². The molecule has 2 fully saturated rings. The van der Waals surface area contributed by atoms with E-state index in [1.807, 2.05) is 12.4 Å². The average Bonchev–Trinajstić information content (AvgIpc) is 2.86. The van der Waals surface area contributed by atoms with E-state index >= 15 is 0 Å². The Labute approximate surface area is 118 Å². The number of likely N-dealkylation sites (tertiary alicyclic amines) is 1. The van der Waals surface area contributed by atoms with Crippen LogP contribution in [0.25, 0.3) is 0 Å². The molecule has 1 aliphatic heterocycles. The van der Waals surface area contributed by atoms with Crippen molar-refractivity contribution in [3.63, 3.8) is 0 Å². The van der Waals surface area contributed by atoms with Crippen molar-refractivity contribution >= 4 is 0 Å². The Morgan fingerprint density at radius 2 is 2.20 bits per heavy atom. The molecule has 0 N–H and O–H groups in total. The first-order valence-electron chi connectivity index (χ1n) is 7.45. The molecule has 5 nitrogen and oxygen atoms in total. The lowest BCUT2D eigenvalue weighted by molar-refractivity contribution is 0.274. The smallest absolute Gasteiger partial charge is 0.208 e. The minimum atomic E-state index is 0.488. The minimum Gasteiger partial charge on any atom is -0.444 e. The highest BCUT2D eigenvalue weighted by atomic mass is 16.4. The third kappa shape index (κ3) is 2.38. The summed E-state index contributed by atoms with van der Waals surface area (Å²) in [6.45, 7) is 5.03. The van der Waals surface area contributed by atoms with Gasteiger partial charge in [-0.05, 0) is 31.7 Å². The van der Waals surface area contributed by atoms with E-state index in [4.69, 9.17) is 4.42 Å². The van der Waals surface area contributed by atoms with Crippen LogP contribution in [0.1, 0.15) is 48.4 Å². The minimum absolute atomic E-state index is 0.488. The van der Waals surface area contributed by atoms with Crippen molar-refractivity contribution in [3.8, 4) is 0 Å². The molecule has 2 aliphatic rings. The number of hydrogen-bond acceptors (Lipinski definition) is 4. The third-order valence-electron chi connectivity index (χ3n) is 4.26. The lowest BCUT2D eigenvalue weighted by atomic mass is 10.3. The van der Waals surface area contributed by atoms with Crippen molar-refractivity contribution in [1.29, 1.82) is 0 Å². The molecule has 20 heavy (non-hydrogen) atoms. The van der Waals surface area contributed by atoms with Gasteiger partial charge in [-0.2, -0.15) is 5.10 Å². The van der Waals surface area contributed by atoms with E-state index in [2.05, 4.69) is 32.8 Å². The molecule has 1 unspecified atom stereocenters. The quantitative estimate of drug-likeness (QED) is 0.858. The zero-order chi connectivity index (χ0) is 13.5. The van der Waals surface area contributed by atoms with Gasteiger partial charge >= 0.3 is 0 Å². The van der Waals surface area contributed by atoms with Crippen LogP contribution in [-0.2, 0) is 6.54 Å². The second-order valence-corrected chi connectivity index (χ2v) is 6.11. The van der Waals surface area contributed by atoms with E-state index in [9.17, 15) is 0 Å². The summed E-state index contributed by atoms with van der Waals surface area (Å²) < 4.78 is 7.94. The number of rotatable bonds is 4. The first kappa shape index (κ1) is 12.1. The molecule has 3 heterocycles. The summed E-state index contributed by atoms with van der Waals surface area (Å²) in [5.41, 5.74) is 1.23. The van der Waals surface area contributed by atoms with Gasteiger partial charge in [0.1, 0.15) is 5.76 Å². The zero-order valence-corrected chi connectivity index (χ0v) is 11.8. The van der Waals surface area contributed by atoms with Gasteiger partial charge in [0.2, 0.25) is 5.89 Å². The Bertz CT molecular complexity index is 599. The van der Waals surface area contributed by atoms with E-state index in [0.717, 1.165) is 37.7 Å². The van der Waals surface area contributed by atoms with Crippen molar-refractivity contribution in [2.45, 2.75) is 44.7 Å². The molecule has 1 saturated heterocycles. The van der Waals surface area contributed by atoms with Crippen LogP contribution in [0.2, 0.25) is 0 Å². The zero-order valence-electron chi connectivity index (χ0n) is 11.8. The summed E-state index contributed by atoms with van der Waals surface area (Å²) in [7, 11) is 0. The first-order chi connectivity index (χ1) is 9.78. The van der Waals surface area contributed by atoms with Gasteiger partial charge in [-0.25, -0.2) is 4.98 Å². The van der Waals surface area contributed by atoms with E-state index in [-0.39, 0.29) is 0 Å². The Kier molecular flexibility index (Phi) is 2.88. The molecule has 1 atom stereocenters. The van der Waals surface area contributed by atoms with Gasteiger partial charge in [0, 0.05) is 25.2 Å². The fourth-order valence-corrected chi connectivity index (χ4v) is 2.95. The summed E-state index contributed by atoms with van der Waals surface area (Å²) in [5.74, 6) is 2.59. The van der Waals surface area contributed by atoms with Crippen LogP contribution in [0, 0.1) is 6.92 Å². The molecule has 0 bridgehead atoms. The maximum Gasteiger partial charge on any atom is 0.208 e. The van der Waals surface area contributed by atoms with E-state index < -0.39 is 0 Å². The van der Waals surface area contributed by atoms with Crippen molar-refractivity contribution < 1.29 is 4.42 Å². The average molecular weight is 272 g/mol. The summed E-state index contributed by atoms with van der Waals surface area (Å²) in [6.07, 6.45) is 9.65.